The molecule has 0 bridgehead atoms. The van der Waals surface area contributed by atoms with Crippen molar-refractivity contribution in [2.45, 2.75) is 79.1 Å². The van der Waals surface area contributed by atoms with Crippen molar-refractivity contribution in [2.24, 2.45) is 11.8 Å². The molecule has 0 aromatic carbocycles. The molecule has 0 aliphatic carbocycles. The van der Waals surface area contributed by atoms with Crippen molar-refractivity contribution in [1.82, 2.24) is 0 Å². The van der Waals surface area contributed by atoms with E-state index in [9.17, 15) is 0 Å². The Bertz CT molecular complexity index is 124. The van der Waals surface area contributed by atoms with Crippen molar-refractivity contribution in [3.8, 4) is 0 Å². The Balaban J connectivity index is 2.94. The summed E-state index contributed by atoms with van der Waals surface area (Å²) in [5, 5.41) is 0. The highest BCUT2D eigenvalue weighted by molar-refractivity contribution is 4.48. The second-order valence-corrected chi connectivity index (χ2v) is 6.10. The molecule has 1 heteroatoms. The van der Waals surface area contributed by atoms with Gasteiger partial charge in [0, 0.05) is 13.2 Å². The van der Waals surface area contributed by atoms with Gasteiger partial charge < -0.3 is 4.74 Å². The quantitative estimate of drug-likeness (QED) is 0.414. The topological polar surface area (TPSA) is 9.23 Å². The SMILES string of the molecule is CC(C)CCCCCCOCCCCC(C)C. The molecule has 1 nitrogen and oxygen atoms in total. The van der Waals surface area contributed by atoms with Crippen molar-refractivity contribution < 1.29 is 4.74 Å². The lowest BCUT2D eigenvalue weighted by molar-refractivity contribution is 0.125. The van der Waals surface area contributed by atoms with Crippen LogP contribution in [0.2, 0.25) is 0 Å². The molecular weight excluding hydrogens is 208 g/mol. The maximum atomic E-state index is 5.64. The third-order valence-electron chi connectivity index (χ3n) is 3.14. The fourth-order valence-corrected chi connectivity index (χ4v) is 1.97. The van der Waals surface area contributed by atoms with Gasteiger partial charge in [0.15, 0.2) is 0 Å². The molecule has 0 aromatic rings. The number of rotatable bonds is 12. The highest BCUT2D eigenvalue weighted by Crippen LogP contribution is 2.10. The van der Waals surface area contributed by atoms with E-state index in [0.717, 1.165) is 25.0 Å². The summed E-state index contributed by atoms with van der Waals surface area (Å²) in [6.07, 6.45) is 10.7. The zero-order valence-corrected chi connectivity index (χ0v) is 12.6. The van der Waals surface area contributed by atoms with E-state index < -0.39 is 0 Å². The summed E-state index contributed by atoms with van der Waals surface area (Å²) in [4.78, 5) is 0. The highest BCUT2D eigenvalue weighted by atomic mass is 16.5. The lowest BCUT2D eigenvalue weighted by atomic mass is 10.0. The Kier molecular flexibility index (Phi) is 12.4. The molecule has 0 saturated carbocycles. The fourth-order valence-electron chi connectivity index (χ4n) is 1.97. The van der Waals surface area contributed by atoms with Gasteiger partial charge in [-0.3, -0.25) is 0 Å². The normalized spacial score (nSPS) is 11.6. The molecule has 0 saturated heterocycles. The van der Waals surface area contributed by atoms with E-state index in [2.05, 4.69) is 27.7 Å². The summed E-state index contributed by atoms with van der Waals surface area (Å²) < 4.78 is 5.64. The van der Waals surface area contributed by atoms with Gasteiger partial charge in [-0.1, -0.05) is 66.2 Å². The number of unbranched alkanes of at least 4 members (excludes halogenated alkanes) is 4. The molecule has 0 aliphatic rings. The van der Waals surface area contributed by atoms with Crippen molar-refractivity contribution >= 4 is 0 Å². The second kappa shape index (κ2) is 12.4. The van der Waals surface area contributed by atoms with E-state index in [-0.39, 0.29) is 0 Å². The highest BCUT2D eigenvalue weighted by Gasteiger charge is 1.96. The van der Waals surface area contributed by atoms with Crippen LogP contribution in [0.1, 0.15) is 79.1 Å². The van der Waals surface area contributed by atoms with Crippen LogP contribution in [0.5, 0.6) is 0 Å². The van der Waals surface area contributed by atoms with Crippen LogP contribution in [0.15, 0.2) is 0 Å². The molecule has 0 amide bonds. The van der Waals surface area contributed by atoms with Crippen molar-refractivity contribution in [1.29, 1.82) is 0 Å². The number of hydrogen-bond donors (Lipinski definition) is 0. The van der Waals surface area contributed by atoms with E-state index in [1.807, 2.05) is 0 Å². The Morgan fingerprint density at radius 1 is 0.588 bits per heavy atom. The van der Waals surface area contributed by atoms with Crippen LogP contribution in [-0.2, 0) is 4.74 Å². The van der Waals surface area contributed by atoms with Gasteiger partial charge in [-0.25, -0.2) is 0 Å². The van der Waals surface area contributed by atoms with Crippen LogP contribution >= 0.6 is 0 Å². The maximum absolute atomic E-state index is 5.64. The molecular formula is C16H34O. The lowest BCUT2D eigenvalue weighted by Crippen LogP contribution is -1.98. The first-order valence-electron chi connectivity index (χ1n) is 7.70. The van der Waals surface area contributed by atoms with Gasteiger partial charge in [0.2, 0.25) is 0 Å². The van der Waals surface area contributed by atoms with E-state index in [1.165, 1.54) is 51.4 Å². The predicted molar refractivity (Wildman–Crippen MR) is 77.4 cm³/mol. The summed E-state index contributed by atoms with van der Waals surface area (Å²) in [5.74, 6) is 1.71. The first kappa shape index (κ1) is 17.0. The minimum atomic E-state index is 0.843. The Labute approximate surface area is 109 Å². The van der Waals surface area contributed by atoms with Crippen LogP contribution in [0.3, 0.4) is 0 Å². The minimum absolute atomic E-state index is 0.843. The average molecular weight is 242 g/mol. The Morgan fingerprint density at radius 2 is 1.00 bits per heavy atom. The summed E-state index contributed by atoms with van der Waals surface area (Å²) in [5.41, 5.74) is 0. The van der Waals surface area contributed by atoms with Crippen molar-refractivity contribution in [3.05, 3.63) is 0 Å². The van der Waals surface area contributed by atoms with Crippen LogP contribution < -0.4 is 0 Å². The number of ether oxygens (including phenoxy) is 1. The third-order valence-corrected chi connectivity index (χ3v) is 3.14. The molecule has 0 atom stereocenters. The molecule has 104 valence electrons. The van der Waals surface area contributed by atoms with Gasteiger partial charge in [-0.15, -0.1) is 0 Å². The van der Waals surface area contributed by atoms with Gasteiger partial charge in [0.25, 0.3) is 0 Å². The Morgan fingerprint density at radius 3 is 1.53 bits per heavy atom. The van der Waals surface area contributed by atoms with Crippen molar-refractivity contribution in [3.63, 3.8) is 0 Å². The molecule has 0 aromatic heterocycles. The molecule has 0 fully saturated rings. The third kappa shape index (κ3) is 16.0. The minimum Gasteiger partial charge on any atom is -0.381 e. The van der Waals surface area contributed by atoms with Crippen molar-refractivity contribution in [2.75, 3.05) is 13.2 Å². The standard InChI is InChI=1S/C16H34O/c1-15(2)11-7-5-6-9-13-17-14-10-8-12-16(3)4/h15-16H,5-14H2,1-4H3. The molecule has 0 unspecified atom stereocenters. The van der Waals surface area contributed by atoms with Gasteiger partial charge in [0.1, 0.15) is 0 Å². The van der Waals surface area contributed by atoms with Crippen LogP contribution in [0, 0.1) is 11.8 Å². The van der Waals surface area contributed by atoms with Crippen LogP contribution in [0.4, 0.5) is 0 Å². The van der Waals surface area contributed by atoms with Gasteiger partial charge >= 0.3 is 0 Å². The average Bonchev–Trinajstić information content (AvgIpc) is 2.25. The van der Waals surface area contributed by atoms with E-state index in [4.69, 9.17) is 4.74 Å². The summed E-state index contributed by atoms with van der Waals surface area (Å²) in [6.45, 7) is 11.1. The molecule has 0 spiro atoms. The zero-order valence-electron chi connectivity index (χ0n) is 12.6. The van der Waals surface area contributed by atoms with Crippen LogP contribution in [-0.4, -0.2) is 13.2 Å². The van der Waals surface area contributed by atoms with Gasteiger partial charge in [-0.2, -0.15) is 0 Å². The second-order valence-electron chi connectivity index (χ2n) is 6.10. The smallest absolute Gasteiger partial charge is 0.0466 e. The maximum Gasteiger partial charge on any atom is 0.0466 e. The molecule has 0 heterocycles. The van der Waals surface area contributed by atoms with E-state index in [1.54, 1.807) is 0 Å². The van der Waals surface area contributed by atoms with Gasteiger partial charge in [0.05, 0.1) is 0 Å². The van der Waals surface area contributed by atoms with Gasteiger partial charge in [-0.05, 0) is 24.7 Å². The summed E-state index contributed by atoms with van der Waals surface area (Å²) in [6, 6.07) is 0. The molecule has 17 heavy (non-hydrogen) atoms. The zero-order chi connectivity index (χ0) is 12.9. The Hall–Kier alpha value is -0.0400. The van der Waals surface area contributed by atoms with E-state index in [0.29, 0.717) is 0 Å². The summed E-state index contributed by atoms with van der Waals surface area (Å²) >= 11 is 0. The predicted octanol–water partition coefficient (Wildman–Crippen LogP) is 5.44. The first-order chi connectivity index (χ1) is 8.13. The fraction of sp³-hybridized carbons (Fsp3) is 1.00. The number of hydrogen-bond acceptors (Lipinski definition) is 1. The summed E-state index contributed by atoms with van der Waals surface area (Å²) in [7, 11) is 0. The van der Waals surface area contributed by atoms with E-state index >= 15 is 0 Å². The van der Waals surface area contributed by atoms with Crippen LogP contribution in [0.25, 0.3) is 0 Å². The lowest BCUT2D eigenvalue weighted by Gasteiger charge is -2.06. The molecule has 0 radical (unpaired) electrons. The molecule has 0 aliphatic heterocycles. The molecule has 0 rings (SSSR count). The first-order valence-corrected chi connectivity index (χ1v) is 7.70. The largest absolute Gasteiger partial charge is 0.381 e. The molecule has 0 N–H and O–H groups in total. The monoisotopic (exact) mass is 242 g/mol.